The van der Waals surface area contributed by atoms with Gasteiger partial charge in [0.1, 0.15) is 5.52 Å². The van der Waals surface area contributed by atoms with Crippen LogP contribution in [0.3, 0.4) is 0 Å². The van der Waals surface area contributed by atoms with Crippen molar-refractivity contribution in [2.45, 2.75) is 59.0 Å². The van der Waals surface area contributed by atoms with Crippen LogP contribution in [0.2, 0.25) is 5.28 Å². The van der Waals surface area contributed by atoms with Gasteiger partial charge in [0.25, 0.3) is 5.92 Å². The largest absolute Gasteiger partial charge is 0.378 e. The molecule has 5 rings (SSSR count). The number of ether oxygens (including phenoxy) is 1. The third-order valence-corrected chi connectivity index (χ3v) is 6.40. The molecule has 0 unspecified atom stereocenters. The molecular formula is C24H37ClF2N6O. The van der Waals surface area contributed by atoms with Gasteiger partial charge in [0.05, 0.1) is 24.4 Å². The average molecular weight is 499 g/mol. The van der Waals surface area contributed by atoms with Gasteiger partial charge in [-0.15, -0.1) is 0 Å². The maximum absolute atomic E-state index is 13.4. The van der Waals surface area contributed by atoms with Crippen LogP contribution < -0.4 is 4.90 Å². The van der Waals surface area contributed by atoms with Gasteiger partial charge in [0.15, 0.2) is 5.82 Å². The minimum atomic E-state index is -2.49. The molecule has 3 fully saturated rings. The van der Waals surface area contributed by atoms with Gasteiger partial charge in [-0.05, 0) is 23.7 Å². The van der Waals surface area contributed by atoms with Crippen LogP contribution in [0.25, 0.3) is 11.0 Å². The molecule has 0 radical (unpaired) electrons. The zero-order valence-electron chi connectivity index (χ0n) is 20.7. The number of rotatable bonds is 4. The Morgan fingerprint density at radius 2 is 1.62 bits per heavy atom. The average Bonchev–Trinajstić information content (AvgIpc) is 2.84. The molecule has 3 saturated heterocycles. The van der Waals surface area contributed by atoms with E-state index in [9.17, 15) is 8.78 Å². The SMILES string of the molecule is CC.CC.FC1(F)CCN(C2CN(Cc3ccc4nc(Cl)nc(N5CCOCC5)c4n3)C2)CC1. The Labute approximate surface area is 206 Å². The van der Waals surface area contributed by atoms with Crippen LogP contribution in [-0.2, 0) is 11.3 Å². The number of anilines is 1. The summed E-state index contributed by atoms with van der Waals surface area (Å²) in [5.41, 5.74) is 2.44. The van der Waals surface area contributed by atoms with Crippen LogP contribution in [0, 0.1) is 0 Å². The topological polar surface area (TPSA) is 57.6 Å². The maximum atomic E-state index is 13.4. The second kappa shape index (κ2) is 12.3. The first-order chi connectivity index (χ1) is 16.5. The van der Waals surface area contributed by atoms with Crippen LogP contribution in [0.4, 0.5) is 14.6 Å². The van der Waals surface area contributed by atoms with Crippen LogP contribution in [0.15, 0.2) is 12.1 Å². The van der Waals surface area contributed by atoms with Crippen LogP contribution in [0.5, 0.6) is 0 Å². The van der Waals surface area contributed by atoms with E-state index in [-0.39, 0.29) is 18.1 Å². The third-order valence-electron chi connectivity index (χ3n) is 6.23. The van der Waals surface area contributed by atoms with Crippen LogP contribution in [0.1, 0.15) is 46.2 Å². The molecule has 0 atom stereocenters. The normalized spacial score (nSPS) is 21.2. The molecule has 0 spiro atoms. The van der Waals surface area contributed by atoms with Gasteiger partial charge in [-0.25, -0.2) is 18.7 Å². The summed E-state index contributed by atoms with van der Waals surface area (Å²) in [4.78, 5) is 20.3. The van der Waals surface area contributed by atoms with Crippen molar-refractivity contribution in [3.8, 4) is 0 Å². The Morgan fingerprint density at radius 3 is 2.26 bits per heavy atom. The van der Waals surface area contributed by atoms with Crippen molar-refractivity contribution >= 4 is 28.5 Å². The van der Waals surface area contributed by atoms with Crippen molar-refractivity contribution in [3.63, 3.8) is 0 Å². The minimum Gasteiger partial charge on any atom is -0.378 e. The molecule has 0 aromatic carbocycles. The molecule has 3 aliphatic rings. The van der Waals surface area contributed by atoms with Gasteiger partial charge in [-0.3, -0.25) is 9.80 Å². The van der Waals surface area contributed by atoms with E-state index in [4.69, 9.17) is 21.3 Å². The molecule has 3 aliphatic heterocycles. The van der Waals surface area contributed by atoms with E-state index in [2.05, 4.69) is 24.7 Å². The quantitative estimate of drug-likeness (QED) is 0.576. The fourth-order valence-corrected chi connectivity index (χ4v) is 4.61. The highest BCUT2D eigenvalue weighted by Gasteiger charge is 2.39. The molecular weight excluding hydrogens is 462 g/mol. The van der Waals surface area contributed by atoms with E-state index in [0.29, 0.717) is 32.3 Å². The smallest absolute Gasteiger partial charge is 0.250 e. The number of morpholine rings is 1. The molecule has 0 N–H and O–H groups in total. The van der Waals surface area contributed by atoms with Crippen molar-refractivity contribution in [1.82, 2.24) is 24.8 Å². The number of alkyl halides is 2. The Bertz CT molecular complexity index is 912. The number of hydrogen-bond acceptors (Lipinski definition) is 7. The first-order valence-electron chi connectivity index (χ1n) is 12.5. The Kier molecular flexibility index (Phi) is 9.76. The number of fused-ring (bicyclic) bond motifs is 1. The molecule has 7 nitrogen and oxygen atoms in total. The van der Waals surface area contributed by atoms with Gasteiger partial charge in [-0.1, -0.05) is 27.7 Å². The zero-order chi connectivity index (χ0) is 24.7. The lowest BCUT2D eigenvalue weighted by Gasteiger charge is -2.47. The number of aromatic nitrogens is 3. The Morgan fingerprint density at radius 1 is 0.971 bits per heavy atom. The molecule has 0 aliphatic carbocycles. The van der Waals surface area contributed by atoms with Crippen molar-refractivity contribution in [2.24, 2.45) is 0 Å². The summed E-state index contributed by atoms with van der Waals surface area (Å²) in [7, 11) is 0. The highest BCUT2D eigenvalue weighted by molar-refractivity contribution is 6.28. The number of likely N-dealkylation sites (tertiary alicyclic amines) is 2. The van der Waals surface area contributed by atoms with Gasteiger partial charge >= 0.3 is 0 Å². The predicted molar refractivity (Wildman–Crippen MR) is 133 cm³/mol. The summed E-state index contributed by atoms with van der Waals surface area (Å²) < 4.78 is 32.2. The van der Waals surface area contributed by atoms with Gasteiger partial charge in [0, 0.05) is 64.7 Å². The fourth-order valence-electron chi connectivity index (χ4n) is 4.44. The van der Waals surface area contributed by atoms with Crippen LogP contribution >= 0.6 is 11.6 Å². The lowest BCUT2D eigenvalue weighted by atomic mass is 10.0. The van der Waals surface area contributed by atoms with Crippen molar-refractivity contribution in [2.75, 3.05) is 57.4 Å². The first kappa shape index (κ1) is 26.9. The van der Waals surface area contributed by atoms with E-state index in [1.165, 1.54) is 0 Å². The molecule has 2 aromatic rings. The summed E-state index contributed by atoms with van der Waals surface area (Å²) in [6.07, 6.45) is -0.0504. The standard InChI is InChI=1S/C20H25ClF2N6O.2C2H6/c21-19-25-16-2-1-14(24-17(16)18(26-19)29-7-9-30-10-8-29)11-27-12-15(13-27)28-5-3-20(22,23)4-6-28;2*1-2/h1-2,15H,3-13H2;2*1-2H3. The van der Waals surface area contributed by atoms with Crippen molar-refractivity contribution < 1.29 is 13.5 Å². The van der Waals surface area contributed by atoms with Gasteiger partial charge < -0.3 is 9.64 Å². The first-order valence-corrected chi connectivity index (χ1v) is 12.8. The monoisotopic (exact) mass is 498 g/mol. The van der Waals surface area contributed by atoms with Crippen LogP contribution in [-0.4, -0.2) is 89.2 Å². The molecule has 10 heteroatoms. The molecule has 0 bridgehead atoms. The number of pyridine rings is 1. The number of nitrogens with zero attached hydrogens (tertiary/aromatic N) is 6. The molecule has 190 valence electrons. The predicted octanol–water partition coefficient (Wildman–Crippen LogP) is 4.48. The molecule has 2 aromatic heterocycles. The summed E-state index contributed by atoms with van der Waals surface area (Å²) in [5, 5.41) is 0.219. The van der Waals surface area contributed by atoms with E-state index in [1.54, 1.807) is 0 Å². The number of piperidine rings is 1. The zero-order valence-corrected chi connectivity index (χ0v) is 21.5. The highest BCUT2D eigenvalue weighted by atomic mass is 35.5. The Balaban J connectivity index is 0.000000771. The van der Waals surface area contributed by atoms with E-state index in [1.807, 2.05) is 39.8 Å². The number of hydrogen-bond donors (Lipinski definition) is 0. The summed E-state index contributed by atoms with van der Waals surface area (Å²) >= 11 is 6.14. The summed E-state index contributed by atoms with van der Waals surface area (Å²) in [5.74, 6) is -1.73. The number of halogens is 3. The van der Waals surface area contributed by atoms with Gasteiger partial charge in [-0.2, -0.15) is 4.98 Å². The second-order valence-corrected chi connectivity index (χ2v) is 8.66. The summed E-state index contributed by atoms with van der Waals surface area (Å²) in [6.45, 7) is 14.3. The van der Waals surface area contributed by atoms with E-state index in [0.717, 1.165) is 55.3 Å². The summed E-state index contributed by atoms with van der Waals surface area (Å²) in [6, 6.07) is 4.29. The second-order valence-electron chi connectivity index (χ2n) is 8.33. The van der Waals surface area contributed by atoms with Crippen molar-refractivity contribution in [3.05, 3.63) is 23.1 Å². The Hall–Kier alpha value is -1.68. The maximum Gasteiger partial charge on any atom is 0.250 e. The van der Waals surface area contributed by atoms with E-state index >= 15 is 0 Å². The van der Waals surface area contributed by atoms with E-state index < -0.39 is 5.92 Å². The lowest BCUT2D eigenvalue weighted by molar-refractivity contribution is -0.0807. The minimum absolute atomic E-state index is 0.0252. The van der Waals surface area contributed by atoms with Gasteiger partial charge in [0.2, 0.25) is 5.28 Å². The molecule has 5 heterocycles. The molecule has 34 heavy (non-hydrogen) atoms. The highest BCUT2D eigenvalue weighted by Crippen LogP contribution is 2.31. The van der Waals surface area contributed by atoms with Crippen molar-refractivity contribution in [1.29, 1.82) is 0 Å². The third kappa shape index (κ3) is 6.50. The molecule has 0 saturated carbocycles. The fraction of sp³-hybridized carbons (Fsp3) is 0.708. The lowest BCUT2D eigenvalue weighted by Crippen LogP contribution is -2.61. The molecule has 0 amide bonds.